The molecule has 2 unspecified atom stereocenters. The lowest BCUT2D eigenvalue weighted by Gasteiger charge is -2.38. The number of unbranched alkanes of at least 4 members (excludes halogenated alkanes) is 4. The molecule has 0 aromatic heterocycles. The molecule has 0 amide bonds. The largest absolute Gasteiger partial charge is 0.393 e. The van der Waals surface area contributed by atoms with Gasteiger partial charge in [0.15, 0.2) is 0 Å². The number of hydrogen-bond acceptors (Lipinski definition) is 3. The number of likely N-dealkylation sites (N-methyl/N-ethyl adjacent to an activating group) is 2. The van der Waals surface area contributed by atoms with Crippen LogP contribution in [0.2, 0.25) is 0 Å². The van der Waals surface area contributed by atoms with Gasteiger partial charge in [-0.1, -0.05) is 39.0 Å². The normalized spacial score (nSPS) is 24.3. The minimum Gasteiger partial charge on any atom is -0.393 e. The predicted octanol–water partition coefficient (Wildman–Crippen LogP) is 2.34. The highest BCUT2D eigenvalue weighted by atomic mass is 16.3. The van der Waals surface area contributed by atoms with Gasteiger partial charge in [-0.3, -0.25) is 0 Å². The Bertz CT molecular complexity index is 211. The first-order valence-corrected chi connectivity index (χ1v) is 7.70. The molecule has 1 aliphatic heterocycles. The van der Waals surface area contributed by atoms with Crippen molar-refractivity contribution >= 4 is 0 Å². The fourth-order valence-electron chi connectivity index (χ4n) is 2.77. The standard InChI is InChI=1S/C15H32N2O/c1-4-5-6-7-8-9-15(18)12-14-13-16(2)10-11-17(14)3/h14-15,18H,4-13H2,1-3H3. The third kappa shape index (κ3) is 6.17. The second-order valence-corrected chi connectivity index (χ2v) is 5.99. The summed E-state index contributed by atoms with van der Waals surface area (Å²) in [5.74, 6) is 0. The number of nitrogens with zero attached hydrogens (tertiary/aromatic N) is 2. The van der Waals surface area contributed by atoms with Crippen LogP contribution in [0.1, 0.15) is 51.9 Å². The summed E-state index contributed by atoms with van der Waals surface area (Å²) < 4.78 is 0. The first kappa shape index (κ1) is 15.9. The van der Waals surface area contributed by atoms with Crippen molar-refractivity contribution < 1.29 is 5.11 Å². The van der Waals surface area contributed by atoms with Crippen molar-refractivity contribution in [3.05, 3.63) is 0 Å². The molecule has 0 aliphatic carbocycles. The van der Waals surface area contributed by atoms with Gasteiger partial charge in [-0.2, -0.15) is 0 Å². The lowest BCUT2D eigenvalue weighted by Crippen LogP contribution is -2.50. The van der Waals surface area contributed by atoms with Crippen molar-refractivity contribution in [1.29, 1.82) is 0 Å². The number of aliphatic hydroxyl groups is 1. The number of aliphatic hydroxyl groups excluding tert-OH is 1. The molecule has 108 valence electrons. The van der Waals surface area contributed by atoms with Crippen molar-refractivity contribution in [1.82, 2.24) is 9.80 Å². The lowest BCUT2D eigenvalue weighted by atomic mass is 10.0. The van der Waals surface area contributed by atoms with Gasteiger partial charge in [0, 0.05) is 25.7 Å². The highest BCUT2D eigenvalue weighted by molar-refractivity contribution is 4.80. The maximum atomic E-state index is 10.1. The molecule has 0 saturated carbocycles. The monoisotopic (exact) mass is 256 g/mol. The van der Waals surface area contributed by atoms with E-state index in [9.17, 15) is 5.11 Å². The Morgan fingerprint density at radius 2 is 1.83 bits per heavy atom. The zero-order chi connectivity index (χ0) is 13.4. The number of piperazine rings is 1. The van der Waals surface area contributed by atoms with Crippen LogP contribution in [0, 0.1) is 0 Å². The van der Waals surface area contributed by atoms with E-state index in [1.165, 1.54) is 32.1 Å². The van der Waals surface area contributed by atoms with Crippen LogP contribution in [0.25, 0.3) is 0 Å². The molecule has 0 aromatic carbocycles. The average Bonchev–Trinajstić information content (AvgIpc) is 2.33. The molecule has 0 radical (unpaired) electrons. The van der Waals surface area contributed by atoms with E-state index in [2.05, 4.69) is 30.8 Å². The van der Waals surface area contributed by atoms with E-state index in [-0.39, 0.29) is 6.10 Å². The summed E-state index contributed by atoms with van der Waals surface area (Å²) >= 11 is 0. The van der Waals surface area contributed by atoms with E-state index >= 15 is 0 Å². The van der Waals surface area contributed by atoms with Crippen molar-refractivity contribution in [3.63, 3.8) is 0 Å². The summed E-state index contributed by atoms with van der Waals surface area (Å²) in [7, 11) is 4.36. The van der Waals surface area contributed by atoms with Gasteiger partial charge in [0.2, 0.25) is 0 Å². The Labute approximate surface area is 113 Å². The highest BCUT2D eigenvalue weighted by Crippen LogP contribution is 2.15. The molecule has 0 spiro atoms. The smallest absolute Gasteiger partial charge is 0.0555 e. The Hall–Kier alpha value is -0.120. The fraction of sp³-hybridized carbons (Fsp3) is 1.00. The molecule has 0 bridgehead atoms. The van der Waals surface area contributed by atoms with Crippen LogP contribution in [0.4, 0.5) is 0 Å². The maximum absolute atomic E-state index is 10.1. The lowest BCUT2D eigenvalue weighted by molar-refractivity contribution is 0.0594. The van der Waals surface area contributed by atoms with E-state index in [0.717, 1.165) is 32.5 Å². The Balaban J connectivity index is 2.12. The van der Waals surface area contributed by atoms with Crippen LogP contribution >= 0.6 is 0 Å². The van der Waals surface area contributed by atoms with Gasteiger partial charge in [-0.25, -0.2) is 0 Å². The Kier molecular flexibility index (Phi) is 7.87. The summed E-state index contributed by atoms with van der Waals surface area (Å²) in [5.41, 5.74) is 0. The molecule has 1 heterocycles. The first-order chi connectivity index (χ1) is 8.63. The number of hydrogen-bond donors (Lipinski definition) is 1. The van der Waals surface area contributed by atoms with Gasteiger partial charge in [0.1, 0.15) is 0 Å². The van der Waals surface area contributed by atoms with E-state index in [1.807, 2.05) is 0 Å². The SMILES string of the molecule is CCCCCCCC(O)CC1CN(C)CCN1C. The molecule has 0 aromatic rings. The number of rotatable bonds is 8. The first-order valence-electron chi connectivity index (χ1n) is 7.70. The molecule has 2 atom stereocenters. The van der Waals surface area contributed by atoms with Gasteiger partial charge >= 0.3 is 0 Å². The van der Waals surface area contributed by atoms with Crippen LogP contribution in [0.15, 0.2) is 0 Å². The zero-order valence-corrected chi connectivity index (χ0v) is 12.6. The third-order valence-electron chi connectivity index (χ3n) is 4.17. The molecule has 18 heavy (non-hydrogen) atoms. The summed E-state index contributed by atoms with van der Waals surface area (Å²) in [6, 6.07) is 0.536. The Morgan fingerprint density at radius 1 is 1.11 bits per heavy atom. The molecular formula is C15H32N2O. The minimum atomic E-state index is -0.106. The van der Waals surface area contributed by atoms with Gasteiger partial charge in [-0.05, 0) is 26.9 Å². The zero-order valence-electron chi connectivity index (χ0n) is 12.6. The van der Waals surface area contributed by atoms with Gasteiger partial charge in [0.05, 0.1) is 6.10 Å². The summed E-state index contributed by atoms with van der Waals surface area (Å²) in [5, 5.41) is 10.1. The summed E-state index contributed by atoms with van der Waals surface area (Å²) in [4.78, 5) is 4.78. The summed E-state index contributed by atoms with van der Waals surface area (Å²) in [6.45, 7) is 5.62. The third-order valence-corrected chi connectivity index (χ3v) is 4.17. The quantitative estimate of drug-likeness (QED) is 0.675. The summed E-state index contributed by atoms with van der Waals surface area (Å²) in [6.07, 6.45) is 8.25. The van der Waals surface area contributed by atoms with E-state index < -0.39 is 0 Å². The molecule has 1 rings (SSSR count). The van der Waals surface area contributed by atoms with E-state index in [4.69, 9.17) is 0 Å². The van der Waals surface area contributed by atoms with Gasteiger partial charge in [0.25, 0.3) is 0 Å². The second-order valence-electron chi connectivity index (χ2n) is 5.99. The topological polar surface area (TPSA) is 26.7 Å². The van der Waals surface area contributed by atoms with Crippen LogP contribution in [0.3, 0.4) is 0 Å². The van der Waals surface area contributed by atoms with Crippen LogP contribution in [0.5, 0.6) is 0 Å². The van der Waals surface area contributed by atoms with Crippen molar-refractivity contribution in [2.24, 2.45) is 0 Å². The Morgan fingerprint density at radius 3 is 2.56 bits per heavy atom. The van der Waals surface area contributed by atoms with Gasteiger partial charge in [-0.15, -0.1) is 0 Å². The van der Waals surface area contributed by atoms with Crippen molar-refractivity contribution in [3.8, 4) is 0 Å². The molecule has 3 nitrogen and oxygen atoms in total. The molecule has 1 N–H and O–H groups in total. The van der Waals surface area contributed by atoms with Crippen molar-refractivity contribution in [2.75, 3.05) is 33.7 Å². The maximum Gasteiger partial charge on any atom is 0.0555 e. The highest BCUT2D eigenvalue weighted by Gasteiger charge is 2.24. The molecule has 1 aliphatic rings. The molecule has 1 fully saturated rings. The van der Waals surface area contributed by atoms with E-state index in [0.29, 0.717) is 6.04 Å². The second kappa shape index (κ2) is 8.89. The molecule has 3 heteroatoms. The van der Waals surface area contributed by atoms with Gasteiger partial charge < -0.3 is 14.9 Å². The van der Waals surface area contributed by atoms with E-state index in [1.54, 1.807) is 0 Å². The average molecular weight is 256 g/mol. The molecular weight excluding hydrogens is 224 g/mol. The van der Waals surface area contributed by atoms with Crippen molar-refractivity contribution in [2.45, 2.75) is 64.0 Å². The minimum absolute atomic E-state index is 0.106. The fourth-order valence-corrected chi connectivity index (χ4v) is 2.77. The predicted molar refractivity (Wildman–Crippen MR) is 77.9 cm³/mol. The molecule has 1 saturated heterocycles. The van der Waals surface area contributed by atoms with Crippen LogP contribution in [-0.2, 0) is 0 Å². The van der Waals surface area contributed by atoms with Crippen LogP contribution in [-0.4, -0.2) is 60.8 Å². The van der Waals surface area contributed by atoms with Crippen LogP contribution < -0.4 is 0 Å².